The lowest BCUT2D eigenvalue weighted by Crippen LogP contribution is -2.61. The second kappa shape index (κ2) is 11.2. The molecule has 0 amide bonds. The second-order valence-electron chi connectivity index (χ2n) is 15.9. The molecule has 8 bridgehead atoms. The summed E-state index contributed by atoms with van der Waals surface area (Å²) in [5.74, 6) is 5.91. The van der Waals surface area contributed by atoms with Gasteiger partial charge >= 0.3 is 0 Å². The Bertz CT molecular complexity index is 953. The maximum atomic E-state index is 4.30. The van der Waals surface area contributed by atoms with Crippen molar-refractivity contribution < 1.29 is 0 Å². The van der Waals surface area contributed by atoms with Crippen molar-refractivity contribution in [2.75, 3.05) is 0 Å². The Balaban J connectivity index is 1.06. The predicted octanol–water partition coefficient (Wildman–Crippen LogP) is 1.90. The highest BCUT2D eigenvalue weighted by atomic mass is 27.0. The molecule has 9 heteroatoms. The summed E-state index contributed by atoms with van der Waals surface area (Å²) in [6.07, 6.45) is 24.1. The van der Waals surface area contributed by atoms with Gasteiger partial charge in [0, 0.05) is 0 Å². The van der Waals surface area contributed by atoms with E-state index in [1.54, 1.807) is 0 Å². The van der Waals surface area contributed by atoms with Crippen molar-refractivity contribution >= 4 is 16.3 Å². The molecule has 0 aromatic heterocycles. The van der Waals surface area contributed by atoms with Crippen molar-refractivity contribution in [3.8, 4) is 0 Å². The van der Waals surface area contributed by atoms with Crippen LogP contribution in [0.4, 0.5) is 0 Å². The predicted molar refractivity (Wildman–Crippen MR) is 163 cm³/mol. The van der Waals surface area contributed by atoms with Crippen LogP contribution in [0.2, 0.25) is 4.78 Å². The summed E-state index contributed by atoms with van der Waals surface area (Å²) in [7, 11) is 0. The fourth-order valence-electron chi connectivity index (χ4n) is 12.2. The Morgan fingerprint density at radius 3 is 0.902 bits per heavy atom. The standard InChI is InChI=1S/C32H55N8.Al.H/c1-2-10-18-17(9-1)25-33-26(18)38-28-21-13-5-6-14-22(21)30(35-28)40-32-24-16-8-7-15-23(24)31(36-32)39-29-20-12-4-3-11-19(20)27(34-29)37-25;;/h9,17-40H,1-8,10-16H2;;. The van der Waals surface area contributed by atoms with Gasteiger partial charge in [0.25, 0.3) is 0 Å². The average molecular weight is 580 g/mol. The summed E-state index contributed by atoms with van der Waals surface area (Å²) in [6.45, 7) is 0. The van der Waals surface area contributed by atoms with Crippen LogP contribution in [-0.2, 0) is 0 Å². The first-order valence-electron chi connectivity index (χ1n) is 18.1. The number of hydrogen-bond acceptors (Lipinski definition) is 8. The highest BCUT2D eigenvalue weighted by Gasteiger charge is 2.54. The van der Waals surface area contributed by atoms with Crippen molar-refractivity contribution in [1.29, 1.82) is 0 Å². The summed E-state index contributed by atoms with van der Waals surface area (Å²) in [5.41, 5.74) is 0. The lowest BCUT2D eigenvalue weighted by Gasteiger charge is -2.38. The van der Waals surface area contributed by atoms with Crippen LogP contribution in [0.1, 0.15) is 96.3 Å². The molecule has 9 fully saturated rings. The molecule has 4 aliphatic carbocycles. The monoisotopic (exact) mass is 579 g/mol. The van der Waals surface area contributed by atoms with Gasteiger partial charge in [-0.25, -0.2) is 0 Å². The number of rotatable bonds is 0. The van der Waals surface area contributed by atoms with E-state index in [4.69, 9.17) is 0 Å². The van der Waals surface area contributed by atoms with Gasteiger partial charge in [0.05, 0.1) is 49.3 Å². The molecule has 8 nitrogen and oxygen atoms in total. The largest absolute Gasteiger partial charge is 0.286 e. The molecule has 8 N–H and O–H groups in total. The van der Waals surface area contributed by atoms with Gasteiger partial charge in [-0.15, -0.1) is 0 Å². The fraction of sp³-hybridized carbons (Fsp3) is 1.00. The van der Waals surface area contributed by atoms with Crippen molar-refractivity contribution in [2.45, 2.75) is 150 Å². The number of hydrogen-bond donors (Lipinski definition) is 8. The number of nitrogens with one attached hydrogen (secondary N) is 8. The minimum Gasteiger partial charge on any atom is -0.286 e. The molecule has 9 aliphatic rings. The topological polar surface area (TPSA) is 96.2 Å². The summed E-state index contributed by atoms with van der Waals surface area (Å²) in [5, 5.41) is 33.9. The third-order valence-electron chi connectivity index (χ3n) is 14.0. The van der Waals surface area contributed by atoms with Gasteiger partial charge < -0.3 is 0 Å². The van der Waals surface area contributed by atoms with Crippen LogP contribution in [-0.4, -0.2) is 65.6 Å². The van der Waals surface area contributed by atoms with Gasteiger partial charge in [-0.2, -0.15) is 0 Å². The van der Waals surface area contributed by atoms with Crippen LogP contribution in [0, 0.1) is 47.3 Å². The van der Waals surface area contributed by atoms with E-state index in [1.807, 2.05) is 0 Å². The van der Waals surface area contributed by atoms with E-state index in [-0.39, 0.29) is 0 Å². The first-order chi connectivity index (χ1) is 20.2. The van der Waals surface area contributed by atoms with Gasteiger partial charge in [0.1, 0.15) is 0 Å². The zero-order chi connectivity index (χ0) is 27.1. The fourth-order valence-corrected chi connectivity index (χ4v) is 13.1. The molecule has 5 heterocycles. The van der Waals surface area contributed by atoms with Gasteiger partial charge in [0.15, 0.2) is 16.3 Å². The van der Waals surface area contributed by atoms with Gasteiger partial charge in [-0.05, 0) is 92.3 Å². The van der Waals surface area contributed by atoms with Crippen LogP contribution in [0.3, 0.4) is 0 Å². The molecule has 9 rings (SSSR count). The molecule has 0 aromatic carbocycles. The van der Waals surface area contributed by atoms with Gasteiger partial charge in [0.2, 0.25) is 0 Å². The van der Waals surface area contributed by atoms with Crippen molar-refractivity contribution in [3.05, 3.63) is 0 Å². The molecule has 41 heavy (non-hydrogen) atoms. The van der Waals surface area contributed by atoms with E-state index in [1.165, 1.54) is 96.3 Å². The first-order valence-corrected chi connectivity index (χ1v) is 18.9. The second-order valence-corrected chi connectivity index (χ2v) is 17.0. The zero-order valence-corrected chi connectivity index (χ0v) is 26.5. The minimum atomic E-state index is 0.404. The molecule has 17 unspecified atom stereocenters. The molecule has 1 radical (unpaired) electrons. The summed E-state index contributed by atoms with van der Waals surface area (Å²) >= 11 is 2.30. The Labute approximate surface area is 256 Å². The highest BCUT2D eigenvalue weighted by Crippen LogP contribution is 2.47. The lowest BCUT2D eigenvalue weighted by molar-refractivity contribution is 0.168. The van der Waals surface area contributed by atoms with E-state index in [9.17, 15) is 0 Å². The van der Waals surface area contributed by atoms with E-state index < -0.39 is 0 Å². The quantitative estimate of drug-likeness (QED) is 0.206. The van der Waals surface area contributed by atoms with Crippen molar-refractivity contribution in [1.82, 2.24) is 42.5 Å². The smallest absolute Gasteiger partial charge is 0.178 e. The Morgan fingerprint density at radius 2 is 0.561 bits per heavy atom. The maximum Gasteiger partial charge on any atom is 0.178 e. The van der Waals surface area contributed by atoms with Crippen molar-refractivity contribution in [3.63, 3.8) is 0 Å². The highest BCUT2D eigenvalue weighted by molar-refractivity contribution is 6.12. The molecule has 0 spiro atoms. The molecule has 4 saturated carbocycles. The molecule has 0 aromatic rings. The molecular weight excluding hydrogens is 523 g/mol. The van der Waals surface area contributed by atoms with Gasteiger partial charge in [-0.3, -0.25) is 42.5 Å². The molecule has 5 saturated heterocycles. The summed E-state index contributed by atoms with van der Waals surface area (Å²) in [6, 6.07) is 0. The van der Waals surface area contributed by atoms with Crippen LogP contribution in [0.25, 0.3) is 0 Å². The SMILES string of the molecule is [AlH][CH]1CCCC2C3NC4NC(NC5NC(NC6NC(NC(N3)C12)C1CCCCC61)C1CCCCC51)C1CCCCC41. The van der Waals surface area contributed by atoms with E-state index >= 15 is 0 Å². The third-order valence-corrected chi connectivity index (χ3v) is 15.0. The normalized spacial score (nSPS) is 58.3. The molecular formula is C32H56AlN8. The van der Waals surface area contributed by atoms with E-state index in [0.717, 1.165) is 52.1 Å². The van der Waals surface area contributed by atoms with Crippen molar-refractivity contribution in [2.24, 2.45) is 47.3 Å². The van der Waals surface area contributed by atoms with Crippen LogP contribution in [0.5, 0.6) is 0 Å². The molecule has 227 valence electrons. The maximum absolute atomic E-state index is 4.30. The van der Waals surface area contributed by atoms with Crippen LogP contribution in [0.15, 0.2) is 0 Å². The zero-order valence-electron chi connectivity index (χ0n) is 25.1. The van der Waals surface area contributed by atoms with Crippen LogP contribution < -0.4 is 42.5 Å². The van der Waals surface area contributed by atoms with Crippen LogP contribution >= 0.6 is 0 Å². The van der Waals surface area contributed by atoms with Gasteiger partial charge in [-0.1, -0.05) is 56.1 Å². The number of fused-ring (bicyclic) bond motifs is 20. The van der Waals surface area contributed by atoms with E-state index in [0.29, 0.717) is 49.3 Å². The third kappa shape index (κ3) is 4.75. The summed E-state index contributed by atoms with van der Waals surface area (Å²) < 4.78 is 0.807. The average Bonchev–Trinajstić information content (AvgIpc) is 3.73. The first kappa shape index (κ1) is 27.5. The van der Waals surface area contributed by atoms with E-state index in [2.05, 4.69) is 58.8 Å². The minimum absolute atomic E-state index is 0.404. The molecule has 17 atom stereocenters. The lowest BCUT2D eigenvalue weighted by atomic mass is 9.76. The Kier molecular flexibility index (Phi) is 7.53. The molecule has 5 aliphatic heterocycles. The Morgan fingerprint density at radius 1 is 0.293 bits per heavy atom. The Hall–Kier alpha value is 0.212. The summed E-state index contributed by atoms with van der Waals surface area (Å²) in [4.78, 5) is 0.